The molecule has 2 aromatic heterocycles. The topological polar surface area (TPSA) is 43.1 Å². The number of pyridine rings is 1. The van der Waals surface area contributed by atoms with Crippen LogP contribution >= 0.6 is 15.9 Å². The van der Waals surface area contributed by atoms with Crippen LogP contribution in [0.5, 0.6) is 0 Å². The maximum atomic E-state index is 11.6. The molecule has 0 fully saturated rings. The van der Waals surface area contributed by atoms with E-state index in [9.17, 15) is 4.79 Å². The summed E-state index contributed by atoms with van der Waals surface area (Å²) in [4.78, 5) is 15.6. The lowest BCUT2D eigenvalue weighted by molar-refractivity contribution is 0.561. The first-order valence-electron chi connectivity index (χ1n) is 5.38. The Labute approximate surface area is 111 Å². The molecular formula is C14H8BrNO2. The van der Waals surface area contributed by atoms with Crippen molar-refractivity contribution in [3.8, 4) is 11.1 Å². The van der Waals surface area contributed by atoms with Gasteiger partial charge >= 0.3 is 5.63 Å². The van der Waals surface area contributed by atoms with Crippen molar-refractivity contribution >= 4 is 26.9 Å². The molecular weight excluding hydrogens is 294 g/mol. The highest BCUT2D eigenvalue weighted by Crippen LogP contribution is 2.28. The van der Waals surface area contributed by atoms with Gasteiger partial charge in [0.1, 0.15) is 5.58 Å². The number of benzene rings is 1. The maximum absolute atomic E-state index is 11.6. The zero-order valence-electron chi connectivity index (χ0n) is 9.26. The van der Waals surface area contributed by atoms with E-state index in [1.807, 2.05) is 24.3 Å². The average molecular weight is 302 g/mol. The van der Waals surface area contributed by atoms with Crippen molar-refractivity contribution < 1.29 is 4.42 Å². The van der Waals surface area contributed by atoms with Crippen LogP contribution in [-0.2, 0) is 0 Å². The quantitative estimate of drug-likeness (QED) is 0.645. The van der Waals surface area contributed by atoms with Crippen molar-refractivity contribution in [2.75, 3.05) is 0 Å². The molecule has 0 aliphatic rings. The monoisotopic (exact) mass is 301 g/mol. The van der Waals surface area contributed by atoms with E-state index in [0.717, 1.165) is 21.0 Å². The van der Waals surface area contributed by atoms with Crippen LogP contribution in [0.2, 0.25) is 0 Å². The lowest BCUT2D eigenvalue weighted by Gasteiger charge is -2.05. The minimum Gasteiger partial charge on any atom is -0.423 e. The number of hydrogen-bond acceptors (Lipinski definition) is 3. The third-order valence-corrected chi connectivity index (χ3v) is 3.19. The van der Waals surface area contributed by atoms with E-state index in [4.69, 9.17) is 4.42 Å². The van der Waals surface area contributed by atoms with Gasteiger partial charge in [0.25, 0.3) is 0 Å². The third kappa shape index (κ3) is 1.95. The normalized spacial score (nSPS) is 10.7. The third-order valence-electron chi connectivity index (χ3n) is 2.70. The van der Waals surface area contributed by atoms with E-state index in [1.165, 1.54) is 6.07 Å². The minimum absolute atomic E-state index is 0.354. The number of nitrogens with zero attached hydrogens (tertiary/aromatic N) is 1. The molecule has 0 spiro atoms. The Balaban J connectivity index is 2.39. The van der Waals surface area contributed by atoms with Gasteiger partial charge in [0.2, 0.25) is 0 Å². The second-order valence-electron chi connectivity index (χ2n) is 3.86. The van der Waals surface area contributed by atoms with E-state index in [2.05, 4.69) is 20.9 Å². The number of rotatable bonds is 1. The fourth-order valence-corrected chi connectivity index (χ4v) is 2.25. The Morgan fingerprint density at radius 1 is 1.06 bits per heavy atom. The van der Waals surface area contributed by atoms with Gasteiger partial charge in [-0.05, 0) is 41.5 Å². The second kappa shape index (κ2) is 4.38. The number of halogens is 1. The molecule has 88 valence electrons. The van der Waals surface area contributed by atoms with Crippen LogP contribution in [0.1, 0.15) is 0 Å². The van der Waals surface area contributed by atoms with E-state index < -0.39 is 0 Å². The summed E-state index contributed by atoms with van der Waals surface area (Å²) in [6, 6.07) is 10.9. The predicted octanol–water partition coefficient (Wildman–Crippen LogP) is 3.62. The van der Waals surface area contributed by atoms with Gasteiger partial charge in [-0.1, -0.05) is 15.9 Å². The van der Waals surface area contributed by atoms with Gasteiger partial charge in [-0.3, -0.25) is 4.98 Å². The first-order chi connectivity index (χ1) is 8.74. The minimum atomic E-state index is -0.354. The Kier molecular flexibility index (Phi) is 2.72. The zero-order valence-corrected chi connectivity index (χ0v) is 10.8. The van der Waals surface area contributed by atoms with Crippen molar-refractivity contribution in [2.45, 2.75) is 0 Å². The summed E-state index contributed by atoms with van der Waals surface area (Å²) in [5.41, 5.74) is 2.03. The van der Waals surface area contributed by atoms with Gasteiger partial charge in [-0.25, -0.2) is 4.79 Å². The molecule has 4 heteroatoms. The molecule has 0 aliphatic carbocycles. The standard InChI is InChI=1S/C14H8BrNO2/c15-10-1-2-11-12(9-3-5-16-6-4-9)8-14(17)18-13(11)7-10/h1-8H. The van der Waals surface area contributed by atoms with E-state index in [1.54, 1.807) is 18.5 Å². The largest absolute Gasteiger partial charge is 0.423 e. The molecule has 0 atom stereocenters. The number of hydrogen-bond donors (Lipinski definition) is 0. The van der Waals surface area contributed by atoms with Crippen molar-refractivity contribution in [1.29, 1.82) is 0 Å². The Hall–Kier alpha value is -1.94. The second-order valence-corrected chi connectivity index (χ2v) is 4.77. The molecule has 0 saturated heterocycles. The molecule has 0 unspecified atom stereocenters. The average Bonchev–Trinajstić information content (AvgIpc) is 2.38. The summed E-state index contributed by atoms with van der Waals surface area (Å²) >= 11 is 3.37. The Morgan fingerprint density at radius 3 is 2.61 bits per heavy atom. The summed E-state index contributed by atoms with van der Waals surface area (Å²) in [6.07, 6.45) is 3.41. The molecule has 3 aromatic rings. The van der Waals surface area contributed by atoms with Crippen LogP contribution in [0, 0.1) is 0 Å². The van der Waals surface area contributed by atoms with Crippen LogP contribution in [0.4, 0.5) is 0 Å². The van der Waals surface area contributed by atoms with Crippen molar-refractivity contribution in [2.24, 2.45) is 0 Å². The van der Waals surface area contributed by atoms with Crippen LogP contribution in [-0.4, -0.2) is 4.98 Å². The van der Waals surface area contributed by atoms with Crippen molar-refractivity contribution in [3.05, 3.63) is 63.7 Å². The van der Waals surface area contributed by atoms with Gasteiger partial charge in [0, 0.05) is 28.3 Å². The fraction of sp³-hybridized carbons (Fsp3) is 0. The first kappa shape index (κ1) is 11.2. The van der Waals surface area contributed by atoms with E-state index in [-0.39, 0.29) is 5.63 Å². The molecule has 0 bridgehead atoms. The number of fused-ring (bicyclic) bond motifs is 1. The molecule has 0 amide bonds. The van der Waals surface area contributed by atoms with E-state index in [0.29, 0.717) is 5.58 Å². The first-order valence-corrected chi connectivity index (χ1v) is 6.17. The maximum Gasteiger partial charge on any atom is 0.336 e. The number of aromatic nitrogens is 1. The van der Waals surface area contributed by atoms with Crippen molar-refractivity contribution in [3.63, 3.8) is 0 Å². The fourth-order valence-electron chi connectivity index (χ4n) is 1.91. The Morgan fingerprint density at radius 2 is 1.83 bits per heavy atom. The molecule has 2 heterocycles. The van der Waals surface area contributed by atoms with Crippen LogP contribution in [0.15, 0.2) is 62.5 Å². The molecule has 0 saturated carbocycles. The molecule has 3 rings (SSSR count). The highest BCUT2D eigenvalue weighted by Gasteiger charge is 2.07. The highest BCUT2D eigenvalue weighted by atomic mass is 79.9. The lowest BCUT2D eigenvalue weighted by atomic mass is 10.0. The molecule has 0 N–H and O–H groups in total. The van der Waals surface area contributed by atoms with Crippen LogP contribution in [0.3, 0.4) is 0 Å². The summed E-state index contributed by atoms with van der Waals surface area (Å²) in [6.45, 7) is 0. The summed E-state index contributed by atoms with van der Waals surface area (Å²) in [5.74, 6) is 0. The highest BCUT2D eigenvalue weighted by molar-refractivity contribution is 9.10. The van der Waals surface area contributed by atoms with Gasteiger partial charge < -0.3 is 4.42 Å². The van der Waals surface area contributed by atoms with Gasteiger partial charge in [-0.15, -0.1) is 0 Å². The smallest absolute Gasteiger partial charge is 0.336 e. The van der Waals surface area contributed by atoms with E-state index >= 15 is 0 Å². The molecule has 3 nitrogen and oxygen atoms in total. The van der Waals surface area contributed by atoms with Gasteiger partial charge in [0.05, 0.1) is 0 Å². The predicted molar refractivity (Wildman–Crippen MR) is 73.4 cm³/mol. The molecule has 18 heavy (non-hydrogen) atoms. The van der Waals surface area contributed by atoms with Crippen molar-refractivity contribution in [1.82, 2.24) is 4.98 Å². The summed E-state index contributed by atoms with van der Waals surface area (Å²) in [7, 11) is 0. The molecule has 1 aromatic carbocycles. The Bertz CT molecular complexity index is 766. The molecule has 0 aliphatic heterocycles. The lowest BCUT2D eigenvalue weighted by Crippen LogP contribution is -1.98. The zero-order chi connectivity index (χ0) is 12.5. The summed E-state index contributed by atoms with van der Waals surface area (Å²) in [5, 5.41) is 0.906. The van der Waals surface area contributed by atoms with Gasteiger partial charge in [0.15, 0.2) is 0 Å². The molecule has 0 radical (unpaired) electrons. The summed E-state index contributed by atoms with van der Waals surface area (Å²) < 4.78 is 6.08. The van der Waals surface area contributed by atoms with Gasteiger partial charge in [-0.2, -0.15) is 0 Å². The van der Waals surface area contributed by atoms with Crippen LogP contribution in [0.25, 0.3) is 22.1 Å². The SMILES string of the molecule is O=c1cc(-c2ccncc2)c2ccc(Br)cc2o1. The van der Waals surface area contributed by atoms with Crippen LogP contribution < -0.4 is 5.63 Å².